The molecule has 6 nitrogen and oxygen atoms in total. The van der Waals surface area contributed by atoms with E-state index >= 15 is 0 Å². The summed E-state index contributed by atoms with van der Waals surface area (Å²) in [7, 11) is 1.45. The van der Waals surface area contributed by atoms with E-state index in [-0.39, 0.29) is 31.0 Å². The highest BCUT2D eigenvalue weighted by atomic mass is 79.9. The predicted molar refractivity (Wildman–Crippen MR) is 94.0 cm³/mol. The second-order valence-electron chi connectivity index (χ2n) is 4.83. The smallest absolute Gasteiger partial charge is 0.305 e. The fourth-order valence-corrected chi connectivity index (χ4v) is 4.23. The molecule has 124 valence electrons. The lowest BCUT2D eigenvalue weighted by Crippen LogP contribution is -2.33. The van der Waals surface area contributed by atoms with E-state index in [4.69, 9.17) is 22.1 Å². The number of benzene rings is 1. The van der Waals surface area contributed by atoms with Crippen LogP contribution in [0.4, 0.5) is 0 Å². The minimum Gasteiger partial charge on any atom is -0.504 e. The molecule has 0 aliphatic carbocycles. The zero-order chi connectivity index (χ0) is 17.1. The molecule has 2 N–H and O–H groups in total. The number of carboxylic acid groups (broad SMARTS) is 1. The molecule has 1 aliphatic heterocycles. The van der Waals surface area contributed by atoms with Crippen LogP contribution in [-0.2, 0) is 16.0 Å². The first-order valence-electron chi connectivity index (χ1n) is 6.62. The number of phenols is 1. The average Bonchev–Trinajstić information content (AvgIpc) is 2.74. The molecule has 0 aromatic heterocycles. The van der Waals surface area contributed by atoms with Gasteiger partial charge in [-0.15, -0.1) is 0 Å². The van der Waals surface area contributed by atoms with Crippen molar-refractivity contribution in [2.24, 2.45) is 0 Å². The van der Waals surface area contributed by atoms with Crippen molar-refractivity contribution in [3.63, 3.8) is 0 Å². The summed E-state index contributed by atoms with van der Waals surface area (Å²) in [5, 5.41) is 18.4. The Balaban J connectivity index is 2.15. The van der Waals surface area contributed by atoms with Crippen molar-refractivity contribution in [1.82, 2.24) is 4.90 Å². The van der Waals surface area contributed by atoms with E-state index in [1.54, 1.807) is 12.1 Å². The van der Waals surface area contributed by atoms with Crippen LogP contribution in [0.2, 0.25) is 0 Å². The number of hydrogen-bond donors (Lipinski definition) is 2. The Morgan fingerprint density at radius 3 is 2.83 bits per heavy atom. The van der Waals surface area contributed by atoms with E-state index in [9.17, 15) is 14.7 Å². The zero-order valence-corrected chi connectivity index (χ0v) is 15.3. The summed E-state index contributed by atoms with van der Waals surface area (Å²) in [5.41, 5.74) is 0.560. The molecular weight excluding hydrogens is 406 g/mol. The van der Waals surface area contributed by atoms with Gasteiger partial charge in [0.25, 0.3) is 0 Å². The number of thiocarbonyl (C=S) groups is 1. The number of amides is 1. The molecule has 1 heterocycles. The van der Waals surface area contributed by atoms with Gasteiger partial charge < -0.3 is 14.9 Å². The second kappa shape index (κ2) is 7.50. The van der Waals surface area contributed by atoms with E-state index < -0.39 is 11.2 Å². The maximum atomic E-state index is 12.4. The molecule has 0 saturated carbocycles. The summed E-state index contributed by atoms with van der Waals surface area (Å²) in [4.78, 5) is 24.3. The first-order valence-corrected chi connectivity index (χ1v) is 8.70. The number of thioether (sulfide) groups is 1. The largest absolute Gasteiger partial charge is 0.504 e. The highest BCUT2D eigenvalue weighted by Crippen LogP contribution is 2.37. The maximum Gasteiger partial charge on any atom is 0.305 e. The number of rotatable bonds is 6. The van der Waals surface area contributed by atoms with Crippen LogP contribution in [0.25, 0.3) is 0 Å². The number of ether oxygens (including phenoxy) is 1. The molecule has 0 spiro atoms. The van der Waals surface area contributed by atoms with Crippen LogP contribution >= 0.6 is 39.9 Å². The zero-order valence-electron chi connectivity index (χ0n) is 12.1. The predicted octanol–water partition coefficient (Wildman–Crippen LogP) is 2.41. The Labute approximate surface area is 150 Å². The number of aliphatic carboxylic acids is 1. The van der Waals surface area contributed by atoms with Crippen LogP contribution in [0.5, 0.6) is 11.5 Å². The van der Waals surface area contributed by atoms with Crippen LogP contribution in [0.1, 0.15) is 12.0 Å². The highest BCUT2D eigenvalue weighted by molar-refractivity contribution is 9.10. The molecular formula is C14H14BrNO5S2. The minimum atomic E-state index is -0.983. The Hall–Kier alpha value is -1.32. The fraction of sp³-hybridized carbons (Fsp3) is 0.357. The second-order valence-corrected chi connectivity index (χ2v) is 7.58. The monoisotopic (exact) mass is 419 g/mol. The van der Waals surface area contributed by atoms with E-state index in [2.05, 4.69) is 15.9 Å². The van der Waals surface area contributed by atoms with Gasteiger partial charge in [0.05, 0.1) is 18.8 Å². The molecule has 1 unspecified atom stereocenters. The van der Waals surface area contributed by atoms with Crippen molar-refractivity contribution in [2.75, 3.05) is 13.7 Å². The molecule has 1 atom stereocenters. The number of carboxylic acids is 1. The van der Waals surface area contributed by atoms with Gasteiger partial charge in [-0.3, -0.25) is 14.5 Å². The highest BCUT2D eigenvalue weighted by Gasteiger charge is 2.37. The van der Waals surface area contributed by atoms with Crippen molar-refractivity contribution < 1.29 is 24.5 Å². The van der Waals surface area contributed by atoms with Crippen molar-refractivity contribution in [2.45, 2.75) is 18.1 Å². The molecule has 1 aromatic carbocycles. The average molecular weight is 420 g/mol. The van der Waals surface area contributed by atoms with Crippen LogP contribution in [0.3, 0.4) is 0 Å². The van der Waals surface area contributed by atoms with Crippen molar-refractivity contribution in [1.29, 1.82) is 0 Å². The summed E-state index contributed by atoms with van der Waals surface area (Å²) < 4.78 is 6.18. The molecule has 0 bridgehead atoms. The molecule has 1 fully saturated rings. The summed E-state index contributed by atoms with van der Waals surface area (Å²) in [6.07, 6.45) is 0.115. The molecule has 9 heteroatoms. The van der Waals surface area contributed by atoms with E-state index in [1.165, 1.54) is 23.8 Å². The van der Waals surface area contributed by atoms with Crippen LogP contribution in [-0.4, -0.2) is 50.2 Å². The van der Waals surface area contributed by atoms with Crippen molar-refractivity contribution in [3.8, 4) is 11.5 Å². The number of carbonyl (C=O) groups excluding carboxylic acids is 1. The Bertz CT molecular complexity index is 667. The van der Waals surface area contributed by atoms with Crippen molar-refractivity contribution in [3.05, 3.63) is 22.2 Å². The normalized spacial score (nSPS) is 17.7. The number of hydrogen-bond acceptors (Lipinski definition) is 6. The van der Waals surface area contributed by atoms with Gasteiger partial charge in [-0.25, -0.2) is 0 Å². The Kier molecular flexibility index (Phi) is 5.88. The lowest BCUT2D eigenvalue weighted by Gasteiger charge is -2.15. The topological polar surface area (TPSA) is 87.1 Å². The molecule has 1 aliphatic rings. The number of nitrogens with zero attached hydrogens (tertiary/aromatic N) is 1. The van der Waals surface area contributed by atoms with Crippen LogP contribution in [0.15, 0.2) is 16.6 Å². The van der Waals surface area contributed by atoms with Gasteiger partial charge in [-0.1, -0.05) is 39.9 Å². The van der Waals surface area contributed by atoms with Gasteiger partial charge in [-0.05, 0) is 18.6 Å². The van der Waals surface area contributed by atoms with Gasteiger partial charge in [0.15, 0.2) is 11.5 Å². The SMILES string of the molecule is COc1cc(Br)cc(CC2SC(=S)N(CCC(=O)O)C2=O)c1O. The minimum absolute atomic E-state index is 0.0148. The molecule has 1 saturated heterocycles. The fourth-order valence-electron chi connectivity index (χ4n) is 2.18. The molecule has 23 heavy (non-hydrogen) atoms. The number of aromatic hydroxyl groups is 1. The maximum absolute atomic E-state index is 12.4. The molecule has 1 aromatic rings. The summed E-state index contributed by atoms with van der Waals surface area (Å²) in [5.74, 6) is -0.919. The lowest BCUT2D eigenvalue weighted by atomic mass is 10.1. The van der Waals surface area contributed by atoms with Gasteiger partial charge >= 0.3 is 5.97 Å². The first kappa shape index (κ1) is 18.0. The number of phenolic OH excluding ortho intramolecular Hbond substituents is 1. The van der Waals surface area contributed by atoms with Crippen LogP contribution < -0.4 is 4.74 Å². The van der Waals surface area contributed by atoms with E-state index in [0.717, 1.165) is 4.47 Å². The number of halogens is 1. The van der Waals surface area contributed by atoms with Gasteiger partial charge in [-0.2, -0.15) is 0 Å². The van der Waals surface area contributed by atoms with E-state index in [1.807, 2.05) is 0 Å². The Morgan fingerprint density at radius 2 is 2.22 bits per heavy atom. The third kappa shape index (κ3) is 4.15. The number of methoxy groups -OCH3 is 1. The van der Waals surface area contributed by atoms with Gasteiger partial charge in [0.1, 0.15) is 4.32 Å². The quantitative estimate of drug-likeness (QED) is 0.684. The first-order chi connectivity index (χ1) is 10.8. The van der Waals surface area contributed by atoms with Gasteiger partial charge in [0.2, 0.25) is 5.91 Å². The molecule has 2 rings (SSSR count). The van der Waals surface area contributed by atoms with Crippen LogP contribution in [0, 0.1) is 0 Å². The number of carbonyl (C=O) groups is 2. The summed E-state index contributed by atoms with van der Waals surface area (Å²) >= 11 is 9.69. The molecule has 1 amide bonds. The summed E-state index contributed by atoms with van der Waals surface area (Å²) in [6, 6.07) is 3.35. The summed E-state index contributed by atoms with van der Waals surface area (Å²) in [6.45, 7) is 0.0598. The Morgan fingerprint density at radius 1 is 1.52 bits per heavy atom. The van der Waals surface area contributed by atoms with E-state index in [0.29, 0.717) is 15.6 Å². The lowest BCUT2D eigenvalue weighted by molar-refractivity contribution is -0.137. The van der Waals surface area contributed by atoms with Crippen molar-refractivity contribution >= 4 is 56.1 Å². The molecule has 0 radical (unpaired) electrons. The standard InChI is InChI=1S/C14H14BrNO5S2/c1-21-9-6-8(15)4-7(12(9)19)5-10-13(20)16(14(22)23-10)3-2-11(17)18/h4,6,10,19H,2-3,5H2,1H3,(H,17,18). The third-order valence-corrected chi connectivity index (χ3v) is 5.34. The van der Waals surface area contributed by atoms with Gasteiger partial charge in [0, 0.05) is 16.6 Å². The third-order valence-electron chi connectivity index (χ3n) is 3.30.